The zero-order chi connectivity index (χ0) is 14.2. The van der Waals surface area contributed by atoms with Crippen molar-refractivity contribution in [3.8, 4) is 0 Å². The van der Waals surface area contributed by atoms with Gasteiger partial charge in [0.2, 0.25) is 0 Å². The van der Waals surface area contributed by atoms with Crippen molar-refractivity contribution in [1.29, 1.82) is 0 Å². The second-order valence-corrected chi connectivity index (χ2v) is 5.81. The first-order valence-electron chi connectivity index (χ1n) is 7.30. The second kappa shape index (κ2) is 8.57. The van der Waals surface area contributed by atoms with Crippen LogP contribution in [0.25, 0.3) is 0 Å². The van der Waals surface area contributed by atoms with E-state index in [2.05, 4.69) is 15.2 Å². The molecule has 112 valence electrons. The van der Waals surface area contributed by atoms with Gasteiger partial charge in [0.1, 0.15) is 0 Å². The van der Waals surface area contributed by atoms with Crippen LogP contribution >= 0.6 is 11.6 Å². The van der Waals surface area contributed by atoms with Crippen molar-refractivity contribution < 1.29 is 4.74 Å². The third kappa shape index (κ3) is 5.02. The maximum atomic E-state index is 6.12. The van der Waals surface area contributed by atoms with Gasteiger partial charge in [0.25, 0.3) is 0 Å². The van der Waals surface area contributed by atoms with Crippen LogP contribution in [-0.4, -0.2) is 49.8 Å². The summed E-state index contributed by atoms with van der Waals surface area (Å²) in [5.41, 5.74) is 1.07. The molecule has 0 amide bonds. The van der Waals surface area contributed by atoms with Crippen molar-refractivity contribution in [3.05, 3.63) is 29.0 Å². The number of rotatable bonds is 7. The first-order chi connectivity index (χ1) is 9.79. The zero-order valence-corrected chi connectivity index (χ0v) is 12.9. The third-order valence-corrected chi connectivity index (χ3v) is 4.18. The SMILES string of the molecule is COCCN1CCCC(CNCc2cnccc2Cl)C1. The molecule has 1 aliphatic rings. The van der Waals surface area contributed by atoms with Crippen LogP contribution in [0.4, 0.5) is 0 Å². The summed E-state index contributed by atoms with van der Waals surface area (Å²) in [6.07, 6.45) is 6.14. The monoisotopic (exact) mass is 297 g/mol. The third-order valence-electron chi connectivity index (χ3n) is 3.81. The molecule has 0 aromatic carbocycles. The van der Waals surface area contributed by atoms with E-state index in [1.165, 1.54) is 19.4 Å². The second-order valence-electron chi connectivity index (χ2n) is 5.40. The van der Waals surface area contributed by atoms with Gasteiger partial charge in [-0.25, -0.2) is 0 Å². The van der Waals surface area contributed by atoms with Gasteiger partial charge < -0.3 is 15.0 Å². The summed E-state index contributed by atoms with van der Waals surface area (Å²) in [6, 6.07) is 1.84. The molecule has 1 N–H and O–H groups in total. The normalized spacial score (nSPS) is 20.2. The van der Waals surface area contributed by atoms with Crippen LogP contribution in [-0.2, 0) is 11.3 Å². The van der Waals surface area contributed by atoms with E-state index in [4.69, 9.17) is 16.3 Å². The summed E-state index contributed by atoms with van der Waals surface area (Å²) < 4.78 is 5.15. The Balaban J connectivity index is 1.70. The van der Waals surface area contributed by atoms with E-state index in [0.29, 0.717) is 0 Å². The average molecular weight is 298 g/mol. The molecule has 0 spiro atoms. The van der Waals surface area contributed by atoms with Gasteiger partial charge in [0, 0.05) is 49.7 Å². The van der Waals surface area contributed by atoms with Crippen LogP contribution in [0.15, 0.2) is 18.5 Å². The molecule has 0 radical (unpaired) electrons. The number of aromatic nitrogens is 1. The predicted molar refractivity (Wildman–Crippen MR) is 82.0 cm³/mol. The van der Waals surface area contributed by atoms with Crippen molar-refractivity contribution >= 4 is 11.6 Å². The van der Waals surface area contributed by atoms with E-state index in [0.717, 1.165) is 49.3 Å². The van der Waals surface area contributed by atoms with Crippen LogP contribution in [0.5, 0.6) is 0 Å². The summed E-state index contributed by atoms with van der Waals surface area (Å²) in [6.45, 7) is 6.06. The number of nitrogens with zero attached hydrogens (tertiary/aromatic N) is 2. The first kappa shape index (κ1) is 15.7. The lowest BCUT2D eigenvalue weighted by Gasteiger charge is -2.32. The highest BCUT2D eigenvalue weighted by atomic mass is 35.5. The number of halogens is 1. The molecular weight excluding hydrogens is 274 g/mol. The van der Waals surface area contributed by atoms with E-state index in [-0.39, 0.29) is 0 Å². The number of ether oxygens (including phenoxy) is 1. The number of piperidine rings is 1. The Labute approximate surface area is 126 Å². The van der Waals surface area contributed by atoms with Crippen LogP contribution < -0.4 is 5.32 Å². The van der Waals surface area contributed by atoms with Crippen molar-refractivity contribution in [1.82, 2.24) is 15.2 Å². The van der Waals surface area contributed by atoms with Gasteiger partial charge >= 0.3 is 0 Å². The molecule has 0 bridgehead atoms. The Hall–Kier alpha value is -0.680. The fourth-order valence-corrected chi connectivity index (χ4v) is 2.86. The highest BCUT2D eigenvalue weighted by Gasteiger charge is 2.19. The van der Waals surface area contributed by atoms with Gasteiger partial charge in [-0.3, -0.25) is 4.98 Å². The smallest absolute Gasteiger partial charge is 0.0589 e. The summed E-state index contributed by atoms with van der Waals surface area (Å²) in [5.74, 6) is 0.719. The predicted octanol–water partition coefficient (Wildman–Crippen LogP) is 2.18. The fraction of sp³-hybridized carbons (Fsp3) is 0.667. The molecule has 1 aromatic heterocycles. The Kier molecular flexibility index (Phi) is 6.73. The van der Waals surface area contributed by atoms with Crippen LogP contribution in [0.3, 0.4) is 0 Å². The minimum absolute atomic E-state index is 0.719. The van der Waals surface area contributed by atoms with Gasteiger partial charge in [-0.1, -0.05) is 11.6 Å². The molecule has 1 saturated heterocycles. The number of hydrogen-bond acceptors (Lipinski definition) is 4. The van der Waals surface area contributed by atoms with E-state index in [1.807, 2.05) is 12.3 Å². The van der Waals surface area contributed by atoms with E-state index >= 15 is 0 Å². The standard InChI is InChI=1S/C15H24ClN3O/c1-20-8-7-19-6-2-3-13(12-19)9-18-11-14-10-17-5-4-15(14)16/h4-5,10,13,18H,2-3,6-9,11-12H2,1H3. The summed E-state index contributed by atoms with van der Waals surface area (Å²) in [7, 11) is 1.76. The molecule has 2 heterocycles. The molecule has 1 aliphatic heterocycles. The molecule has 2 rings (SSSR count). The number of pyridine rings is 1. The van der Waals surface area contributed by atoms with Gasteiger partial charge in [-0.2, -0.15) is 0 Å². The highest BCUT2D eigenvalue weighted by Crippen LogP contribution is 2.16. The quantitative estimate of drug-likeness (QED) is 0.837. The van der Waals surface area contributed by atoms with Gasteiger partial charge in [0.15, 0.2) is 0 Å². The topological polar surface area (TPSA) is 37.4 Å². The minimum atomic E-state index is 0.719. The Morgan fingerprint density at radius 3 is 3.25 bits per heavy atom. The van der Waals surface area contributed by atoms with Gasteiger partial charge in [-0.15, -0.1) is 0 Å². The summed E-state index contributed by atoms with van der Waals surface area (Å²) in [4.78, 5) is 6.61. The number of methoxy groups -OCH3 is 1. The molecule has 1 atom stereocenters. The zero-order valence-electron chi connectivity index (χ0n) is 12.1. The van der Waals surface area contributed by atoms with E-state index in [1.54, 1.807) is 13.3 Å². The molecule has 0 aliphatic carbocycles. The van der Waals surface area contributed by atoms with Crippen LogP contribution in [0.1, 0.15) is 18.4 Å². The molecule has 0 saturated carbocycles. The first-order valence-corrected chi connectivity index (χ1v) is 7.68. The molecule has 20 heavy (non-hydrogen) atoms. The molecule has 1 aromatic rings. The number of nitrogens with one attached hydrogen (secondary N) is 1. The maximum absolute atomic E-state index is 6.12. The Morgan fingerprint density at radius 1 is 1.55 bits per heavy atom. The minimum Gasteiger partial charge on any atom is -0.383 e. The lowest BCUT2D eigenvalue weighted by Crippen LogP contribution is -2.40. The molecular formula is C15H24ClN3O. The van der Waals surface area contributed by atoms with Crippen molar-refractivity contribution in [2.75, 3.05) is 39.9 Å². The van der Waals surface area contributed by atoms with E-state index in [9.17, 15) is 0 Å². The van der Waals surface area contributed by atoms with Gasteiger partial charge in [-0.05, 0) is 37.9 Å². The van der Waals surface area contributed by atoms with Crippen molar-refractivity contribution in [3.63, 3.8) is 0 Å². The average Bonchev–Trinajstić information content (AvgIpc) is 2.48. The maximum Gasteiger partial charge on any atom is 0.0589 e. The largest absolute Gasteiger partial charge is 0.383 e. The lowest BCUT2D eigenvalue weighted by molar-refractivity contribution is 0.114. The molecule has 5 heteroatoms. The number of hydrogen-bond donors (Lipinski definition) is 1. The van der Waals surface area contributed by atoms with Crippen LogP contribution in [0, 0.1) is 5.92 Å². The Bertz CT molecular complexity index is 402. The lowest BCUT2D eigenvalue weighted by atomic mass is 9.98. The van der Waals surface area contributed by atoms with E-state index < -0.39 is 0 Å². The molecule has 1 unspecified atom stereocenters. The Morgan fingerprint density at radius 2 is 2.45 bits per heavy atom. The number of likely N-dealkylation sites (tertiary alicyclic amines) is 1. The highest BCUT2D eigenvalue weighted by molar-refractivity contribution is 6.31. The molecule has 1 fully saturated rings. The summed E-state index contributed by atoms with van der Waals surface area (Å²) >= 11 is 6.12. The molecule has 4 nitrogen and oxygen atoms in total. The summed E-state index contributed by atoms with van der Waals surface area (Å²) in [5, 5.41) is 4.30. The fourth-order valence-electron chi connectivity index (χ4n) is 2.69. The van der Waals surface area contributed by atoms with Crippen molar-refractivity contribution in [2.24, 2.45) is 5.92 Å². The van der Waals surface area contributed by atoms with Crippen molar-refractivity contribution in [2.45, 2.75) is 19.4 Å². The van der Waals surface area contributed by atoms with Gasteiger partial charge in [0.05, 0.1) is 6.61 Å². The van der Waals surface area contributed by atoms with Crippen LogP contribution in [0.2, 0.25) is 5.02 Å².